The fourth-order valence-corrected chi connectivity index (χ4v) is 5.80. The number of sulfone groups is 1. The lowest BCUT2D eigenvalue weighted by molar-refractivity contribution is -0.118. The van der Waals surface area contributed by atoms with Crippen LogP contribution in [0.15, 0.2) is 72.1 Å². The van der Waals surface area contributed by atoms with Crippen LogP contribution in [0.1, 0.15) is 12.8 Å². The van der Waals surface area contributed by atoms with E-state index in [1.54, 1.807) is 53.8 Å². The van der Waals surface area contributed by atoms with Crippen LogP contribution in [0.25, 0.3) is 10.2 Å². The minimum absolute atomic E-state index is 0.126. The van der Waals surface area contributed by atoms with E-state index in [0.29, 0.717) is 29.7 Å². The van der Waals surface area contributed by atoms with Crippen molar-refractivity contribution < 1.29 is 13.2 Å². The van der Waals surface area contributed by atoms with Crippen molar-refractivity contribution in [1.82, 2.24) is 14.5 Å². The number of fused-ring (bicyclic) bond motifs is 1. The molecule has 166 valence electrons. The first kappa shape index (κ1) is 22.4. The molecule has 0 N–H and O–H groups in total. The number of benzene rings is 2. The molecule has 2 aromatic heterocycles. The lowest BCUT2D eigenvalue weighted by atomic mass is 10.3. The summed E-state index contributed by atoms with van der Waals surface area (Å²) < 4.78 is 28.1. The number of amides is 1. The Morgan fingerprint density at radius 1 is 1.16 bits per heavy atom. The number of thiazole rings is 1. The van der Waals surface area contributed by atoms with E-state index in [2.05, 4.69) is 9.97 Å². The van der Waals surface area contributed by atoms with Gasteiger partial charge in [0.25, 0.3) is 0 Å². The molecule has 0 aliphatic carbocycles. The highest BCUT2D eigenvalue weighted by Crippen LogP contribution is 2.31. The van der Waals surface area contributed by atoms with E-state index in [1.165, 1.54) is 11.3 Å². The number of hydrogen-bond donors (Lipinski definition) is 0. The van der Waals surface area contributed by atoms with E-state index in [9.17, 15) is 13.2 Å². The van der Waals surface area contributed by atoms with Crippen LogP contribution in [0.4, 0.5) is 5.13 Å². The van der Waals surface area contributed by atoms with Crippen molar-refractivity contribution in [2.75, 3.05) is 17.2 Å². The third kappa shape index (κ3) is 5.35. The zero-order chi connectivity index (χ0) is 22.6. The number of carbonyl (C=O) groups excluding carboxylic acids is 1. The fraction of sp³-hybridized carbons (Fsp3) is 0.227. The predicted molar refractivity (Wildman–Crippen MR) is 127 cm³/mol. The average molecular weight is 489 g/mol. The summed E-state index contributed by atoms with van der Waals surface area (Å²) in [4.78, 5) is 23.6. The molecule has 32 heavy (non-hydrogen) atoms. The van der Waals surface area contributed by atoms with Gasteiger partial charge in [0.15, 0.2) is 15.0 Å². The maximum Gasteiger partial charge on any atom is 0.229 e. The van der Waals surface area contributed by atoms with Gasteiger partial charge in [-0.3, -0.25) is 9.69 Å². The van der Waals surface area contributed by atoms with Crippen LogP contribution in [-0.2, 0) is 21.2 Å². The third-order valence-electron chi connectivity index (χ3n) is 4.92. The highest BCUT2D eigenvalue weighted by molar-refractivity contribution is 7.91. The molecule has 2 heterocycles. The molecule has 0 unspecified atom stereocenters. The minimum atomic E-state index is -3.55. The van der Waals surface area contributed by atoms with Gasteiger partial charge in [-0.2, -0.15) is 0 Å². The van der Waals surface area contributed by atoms with Crippen molar-refractivity contribution in [3.8, 4) is 0 Å². The zero-order valence-corrected chi connectivity index (χ0v) is 19.5. The number of halogens is 1. The maximum atomic E-state index is 13.1. The third-order valence-corrected chi connectivity index (χ3v) is 7.92. The van der Waals surface area contributed by atoms with E-state index < -0.39 is 9.84 Å². The topological polar surface area (TPSA) is 85.2 Å². The van der Waals surface area contributed by atoms with Crippen LogP contribution >= 0.6 is 22.9 Å². The van der Waals surface area contributed by atoms with Gasteiger partial charge in [0.1, 0.15) is 0 Å². The van der Waals surface area contributed by atoms with E-state index in [-0.39, 0.29) is 23.0 Å². The van der Waals surface area contributed by atoms with Crippen molar-refractivity contribution in [2.45, 2.75) is 24.3 Å². The number of hydrogen-bond acceptors (Lipinski definition) is 6. The van der Waals surface area contributed by atoms with Crippen molar-refractivity contribution in [3.05, 3.63) is 72.3 Å². The Hall–Kier alpha value is -2.75. The van der Waals surface area contributed by atoms with Gasteiger partial charge in [-0.25, -0.2) is 18.4 Å². The van der Waals surface area contributed by atoms with Crippen LogP contribution in [-0.4, -0.2) is 41.2 Å². The Morgan fingerprint density at radius 2 is 1.97 bits per heavy atom. The lowest BCUT2D eigenvalue weighted by Gasteiger charge is -2.20. The molecule has 0 aliphatic rings. The molecule has 10 heteroatoms. The molecule has 0 fully saturated rings. The van der Waals surface area contributed by atoms with Gasteiger partial charge in [0, 0.05) is 36.9 Å². The summed E-state index contributed by atoms with van der Waals surface area (Å²) in [6.07, 6.45) is 5.83. The van der Waals surface area contributed by atoms with Gasteiger partial charge in [0.2, 0.25) is 5.91 Å². The Morgan fingerprint density at radius 3 is 2.72 bits per heavy atom. The van der Waals surface area contributed by atoms with Crippen molar-refractivity contribution in [3.63, 3.8) is 0 Å². The fourth-order valence-electron chi connectivity index (χ4n) is 3.26. The van der Waals surface area contributed by atoms with Crippen LogP contribution in [0.3, 0.4) is 0 Å². The molecule has 0 atom stereocenters. The summed E-state index contributed by atoms with van der Waals surface area (Å²) in [6, 6.07) is 13.6. The normalized spacial score (nSPS) is 11.7. The maximum absolute atomic E-state index is 13.1. The molecule has 0 aliphatic heterocycles. The molecule has 4 rings (SSSR count). The molecule has 0 radical (unpaired) electrons. The number of carbonyl (C=O) groups is 1. The summed E-state index contributed by atoms with van der Waals surface area (Å²) in [6.45, 7) is 1.10. The van der Waals surface area contributed by atoms with Crippen molar-refractivity contribution in [1.29, 1.82) is 0 Å². The first-order valence-corrected chi connectivity index (χ1v) is 12.9. The monoisotopic (exact) mass is 488 g/mol. The van der Waals surface area contributed by atoms with Gasteiger partial charge in [-0.1, -0.05) is 41.1 Å². The molecule has 0 spiro atoms. The quantitative estimate of drug-likeness (QED) is 0.348. The number of nitrogens with zero attached hydrogens (tertiary/aromatic N) is 4. The standard InChI is InChI=1S/C22H21ClN4O3S2/c23-17-7-8-19-20(15-17)31-22(25-19)27(12-4-11-26-13-10-24-16-26)21(28)9-14-32(29,30)18-5-2-1-3-6-18/h1-3,5-8,10,13,15-16H,4,9,11-12,14H2. The lowest BCUT2D eigenvalue weighted by Crippen LogP contribution is -2.33. The van der Waals surface area contributed by atoms with Gasteiger partial charge < -0.3 is 4.57 Å². The molecule has 7 nitrogen and oxygen atoms in total. The van der Waals surface area contributed by atoms with Crippen LogP contribution in [0.2, 0.25) is 5.02 Å². The second kappa shape index (κ2) is 9.81. The summed E-state index contributed by atoms with van der Waals surface area (Å²) >= 11 is 7.46. The highest BCUT2D eigenvalue weighted by Gasteiger charge is 2.23. The number of rotatable bonds is 9. The Balaban J connectivity index is 1.52. The Bertz CT molecular complexity index is 1310. The SMILES string of the molecule is O=C(CCS(=O)(=O)c1ccccc1)N(CCCn1ccnc1)c1nc2ccc(Cl)cc2s1. The number of aromatic nitrogens is 3. The van der Waals surface area contributed by atoms with E-state index in [0.717, 1.165) is 10.2 Å². The number of aryl methyl sites for hydroxylation is 1. The van der Waals surface area contributed by atoms with Crippen LogP contribution < -0.4 is 4.90 Å². The summed E-state index contributed by atoms with van der Waals surface area (Å²) in [5, 5.41) is 1.13. The molecule has 2 aromatic carbocycles. The van der Waals surface area contributed by atoms with Crippen LogP contribution in [0.5, 0.6) is 0 Å². The van der Waals surface area contributed by atoms with Gasteiger partial charge in [0.05, 0.1) is 27.2 Å². The van der Waals surface area contributed by atoms with E-state index in [4.69, 9.17) is 11.6 Å². The Kier molecular flexibility index (Phi) is 6.88. The average Bonchev–Trinajstić information content (AvgIpc) is 3.45. The van der Waals surface area contributed by atoms with Crippen molar-refractivity contribution >= 4 is 54.0 Å². The molecule has 1 amide bonds. The van der Waals surface area contributed by atoms with E-state index in [1.807, 2.05) is 22.9 Å². The first-order chi connectivity index (χ1) is 15.4. The zero-order valence-electron chi connectivity index (χ0n) is 17.1. The summed E-state index contributed by atoms with van der Waals surface area (Å²) in [5.74, 6) is -0.537. The molecular weight excluding hydrogens is 468 g/mol. The highest BCUT2D eigenvalue weighted by atomic mass is 35.5. The second-order valence-electron chi connectivity index (χ2n) is 7.19. The largest absolute Gasteiger partial charge is 0.337 e. The van der Waals surface area contributed by atoms with Crippen LogP contribution in [0, 0.1) is 0 Å². The molecular formula is C22H21ClN4O3S2. The molecule has 0 saturated carbocycles. The minimum Gasteiger partial charge on any atom is -0.337 e. The predicted octanol–water partition coefficient (Wildman–Crippen LogP) is 4.43. The van der Waals surface area contributed by atoms with Crippen molar-refractivity contribution in [2.24, 2.45) is 0 Å². The smallest absolute Gasteiger partial charge is 0.229 e. The van der Waals surface area contributed by atoms with Gasteiger partial charge in [-0.05, 0) is 36.8 Å². The Labute approximate surface area is 195 Å². The first-order valence-electron chi connectivity index (χ1n) is 10.0. The molecule has 0 saturated heterocycles. The summed E-state index contributed by atoms with van der Waals surface area (Å²) in [7, 11) is -3.55. The molecule has 4 aromatic rings. The van der Waals surface area contributed by atoms with E-state index >= 15 is 0 Å². The molecule has 0 bridgehead atoms. The van der Waals surface area contributed by atoms with Gasteiger partial charge >= 0.3 is 0 Å². The summed E-state index contributed by atoms with van der Waals surface area (Å²) in [5.41, 5.74) is 0.749. The number of anilines is 1. The van der Waals surface area contributed by atoms with Gasteiger partial charge in [-0.15, -0.1) is 0 Å². The second-order valence-corrected chi connectivity index (χ2v) is 10.7. The number of imidazole rings is 1.